The number of nitrogens with zero attached hydrogens (tertiary/aromatic N) is 3. The first-order chi connectivity index (χ1) is 20.3. The maximum atomic E-state index is 13.7. The summed E-state index contributed by atoms with van der Waals surface area (Å²) in [5.74, 6) is 0.0592. The van der Waals surface area contributed by atoms with Gasteiger partial charge in [-0.1, -0.05) is 71.6 Å². The molecule has 11 heteroatoms. The third kappa shape index (κ3) is 5.97. The zero-order valence-corrected chi connectivity index (χ0v) is 25.0. The molecule has 0 bridgehead atoms. The van der Waals surface area contributed by atoms with Crippen molar-refractivity contribution in [3.8, 4) is 11.5 Å². The van der Waals surface area contributed by atoms with E-state index in [4.69, 9.17) is 13.9 Å². The van der Waals surface area contributed by atoms with Gasteiger partial charge in [0.25, 0.3) is 5.91 Å². The summed E-state index contributed by atoms with van der Waals surface area (Å²) in [5.41, 5.74) is 2.69. The lowest BCUT2D eigenvalue weighted by atomic mass is 9.95. The molecule has 42 heavy (non-hydrogen) atoms. The van der Waals surface area contributed by atoms with E-state index in [1.165, 1.54) is 39.6 Å². The highest BCUT2D eigenvalue weighted by Crippen LogP contribution is 2.45. The number of amides is 1. The second kappa shape index (κ2) is 12.7. The molecule has 1 amide bonds. The van der Waals surface area contributed by atoms with Crippen molar-refractivity contribution in [2.24, 2.45) is 0 Å². The standard InChI is InChI=1S/C31H29N3O6S2/c1-5-15-39-22-14-12-21(16-24(22)38-6-2)26-25(27(35)23-13-9-19(4)40-23)28(36)29(37)34(26)30-32-33-31(42-30)41-17-20-10-7-18(3)8-11-20/h5,7-14,16,26,36H,1,6,15,17H2,2-4H3. The second-order valence-corrected chi connectivity index (χ2v) is 11.6. The molecule has 0 aliphatic carbocycles. The van der Waals surface area contributed by atoms with Gasteiger partial charge in [-0.25, -0.2) is 0 Å². The molecule has 2 aromatic carbocycles. The van der Waals surface area contributed by atoms with Gasteiger partial charge in [0, 0.05) is 5.75 Å². The molecule has 1 atom stereocenters. The van der Waals surface area contributed by atoms with E-state index < -0.39 is 23.5 Å². The van der Waals surface area contributed by atoms with Gasteiger partial charge in [0.05, 0.1) is 18.2 Å². The predicted molar refractivity (Wildman–Crippen MR) is 162 cm³/mol. The average molecular weight is 604 g/mol. The highest BCUT2D eigenvalue weighted by Gasteiger charge is 2.47. The minimum atomic E-state index is -1.02. The Hall–Kier alpha value is -4.35. The van der Waals surface area contributed by atoms with Gasteiger partial charge >= 0.3 is 0 Å². The smallest absolute Gasteiger partial charge is 0.296 e. The molecule has 5 rings (SSSR count). The molecule has 0 radical (unpaired) electrons. The van der Waals surface area contributed by atoms with Gasteiger partial charge < -0.3 is 19.0 Å². The Morgan fingerprint density at radius 1 is 1.12 bits per heavy atom. The SMILES string of the molecule is C=CCOc1ccc(C2C(C(=O)c3ccc(C)o3)=C(O)C(=O)N2c2nnc(SCc3ccc(C)cc3)s2)cc1OCC. The third-order valence-corrected chi connectivity index (χ3v) is 8.57. The van der Waals surface area contributed by atoms with Crippen molar-refractivity contribution in [3.63, 3.8) is 0 Å². The first kappa shape index (κ1) is 29.2. The van der Waals surface area contributed by atoms with Crippen LogP contribution >= 0.6 is 23.1 Å². The lowest BCUT2D eigenvalue weighted by molar-refractivity contribution is -0.117. The molecule has 3 heterocycles. The van der Waals surface area contributed by atoms with E-state index >= 15 is 0 Å². The number of aliphatic hydroxyl groups is 1. The van der Waals surface area contributed by atoms with Crippen LogP contribution in [0.5, 0.6) is 11.5 Å². The Morgan fingerprint density at radius 2 is 1.90 bits per heavy atom. The monoisotopic (exact) mass is 603 g/mol. The number of furan rings is 1. The summed E-state index contributed by atoms with van der Waals surface area (Å²) in [6, 6.07) is 15.5. The third-order valence-electron chi connectivity index (χ3n) is 6.44. The number of anilines is 1. The van der Waals surface area contributed by atoms with Crippen molar-refractivity contribution in [2.45, 2.75) is 36.9 Å². The lowest BCUT2D eigenvalue weighted by Crippen LogP contribution is -2.31. The first-order valence-corrected chi connectivity index (χ1v) is 15.0. The van der Waals surface area contributed by atoms with E-state index in [1.54, 1.807) is 37.3 Å². The van der Waals surface area contributed by atoms with E-state index in [-0.39, 0.29) is 23.1 Å². The molecule has 1 unspecified atom stereocenters. The zero-order chi connectivity index (χ0) is 29.8. The molecule has 4 aromatic rings. The number of benzene rings is 2. The maximum absolute atomic E-state index is 13.7. The molecule has 1 aliphatic rings. The fourth-order valence-corrected chi connectivity index (χ4v) is 6.28. The first-order valence-electron chi connectivity index (χ1n) is 13.2. The molecule has 0 saturated heterocycles. The van der Waals surface area contributed by atoms with Crippen molar-refractivity contribution < 1.29 is 28.6 Å². The van der Waals surface area contributed by atoms with Crippen molar-refractivity contribution >= 4 is 39.9 Å². The summed E-state index contributed by atoms with van der Waals surface area (Å²) in [6.07, 6.45) is 1.62. The van der Waals surface area contributed by atoms with E-state index in [0.717, 1.165) is 5.56 Å². The summed E-state index contributed by atoms with van der Waals surface area (Å²) in [5, 5.41) is 19.9. The van der Waals surface area contributed by atoms with Gasteiger partial charge in [-0.15, -0.1) is 10.2 Å². The van der Waals surface area contributed by atoms with E-state index in [0.29, 0.717) is 39.5 Å². The lowest BCUT2D eigenvalue weighted by Gasteiger charge is -2.24. The fraction of sp³-hybridized carbons (Fsp3) is 0.226. The molecule has 1 N–H and O–H groups in total. The van der Waals surface area contributed by atoms with Gasteiger partial charge in [-0.3, -0.25) is 14.5 Å². The number of thioether (sulfide) groups is 1. The van der Waals surface area contributed by atoms with Gasteiger partial charge in [0.2, 0.25) is 10.9 Å². The minimum Gasteiger partial charge on any atom is -0.503 e. The van der Waals surface area contributed by atoms with Crippen LogP contribution in [0.3, 0.4) is 0 Å². The molecule has 9 nitrogen and oxygen atoms in total. The van der Waals surface area contributed by atoms with E-state index in [9.17, 15) is 14.7 Å². The van der Waals surface area contributed by atoms with Gasteiger partial charge in [-0.05, 0) is 56.2 Å². The number of carbonyl (C=O) groups excluding carboxylic acids is 2. The van der Waals surface area contributed by atoms with Crippen LogP contribution in [0, 0.1) is 13.8 Å². The predicted octanol–water partition coefficient (Wildman–Crippen LogP) is 6.79. The molecule has 2 aromatic heterocycles. The highest BCUT2D eigenvalue weighted by molar-refractivity contribution is 8.00. The Balaban J connectivity index is 1.53. The van der Waals surface area contributed by atoms with E-state index in [1.807, 2.05) is 26.0 Å². The van der Waals surface area contributed by atoms with Gasteiger partial charge in [0.15, 0.2) is 27.4 Å². The summed E-state index contributed by atoms with van der Waals surface area (Å²) in [4.78, 5) is 28.6. The van der Waals surface area contributed by atoms with Crippen LogP contribution in [0.2, 0.25) is 0 Å². The van der Waals surface area contributed by atoms with Crippen molar-refractivity contribution in [1.29, 1.82) is 0 Å². The maximum Gasteiger partial charge on any atom is 0.296 e. The Morgan fingerprint density at radius 3 is 2.60 bits per heavy atom. The number of aliphatic hydroxyl groups excluding tert-OH is 1. The molecular formula is C31H29N3O6S2. The summed E-state index contributed by atoms with van der Waals surface area (Å²) in [6.45, 7) is 9.89. The highest BCUT2D eigenvalue weighted by atomic mass is 32.2. The number of rotatable bonds is 12. The molecule has 216 valence electrons. The quantitative estimate of drug-likeness (QED) is 0.0809. The van der Waals surface area contributed by atoms with Crippen LogP contribution in [0.1, 0.15) is 46.0 Å². The van der Waals surface area contributed by atoms with Crippen LogP contribution in [0.15, 0.2) is 87.3 Å². The molecule has 0 fully saturated rings. The normalized spacial score (nSPS) is 14.9. The number of aryl methyl sites for hydroxylation is 2. The number of aromatic nitrogens is 2. The van der Waals surface area contributed by atoms with E-state index in [2.05, 4.69) is 28.9 Å². The van der Waals surface area contributed by atoms with Gasteiger partial charge in [-0.2, -0.15) is 0 Å². The van der Waals surface area contributed by atoms with Crippen LogP contribution in [-0.2, 0) is 10.5 Å². The molecule has 0 spiro atoms. The number of hydrogen-bond acceptors (Lipinski definition) is 10. The van der Waals surface area contributed by atoms with Crippen LogP contribution < -0.4 is 14.4 Å². The summed E-state index contributed by atoms with van der Waals surface area (Å²) < 4.78 is 17.8. The topological polar surface area (TPSA) is 115 Å². The summed E-state index contributed by atoms with van der Waals surface area (Å²) in [7, 11) is 0. The van der Waals surface area contributed by atoms with Crippen LogP contribution in [0.25, 0.3) is 0 Å². The number of ketones is 1. The largest absolute Gasteiger partial charge is 0.503 e. The molecule has 0 saturated carbocycles. The number of carbonyl (C=O) groups is 2. The van der Waals surface area contributed by atoms with Crippen molar-refractivity contribution in [2.75, 3.05) is 18.1 Å². The molecule has 1 aliphatic heterocycles. The van der Waals surface area contributed by atoms with Gasteiger partial charge in [0.1, 0.15) is 12.4 Å². The average Bonchev–Trinajstić information content (AvgIpc) is 3.70. The summed E-state index contributed by atoms with van der Waals surface area (Å²) >= 11 is 2.69. The second-order valence-electron chi connectivity index (χ2n) is 9.44. The minimum absolute atomic E-state index is 0.0104. The number of ether oxygens (including phenoxy) is 2. The van der Waals surface area contributed by atoms with Crippen LogP contribution in [0.4, 0.5) is 5.13 Å². The Bertz CT molecular complexity index is 1660. The number of hydrogen-bond donors (Lipinski definition) is 1. The van der Waals surface area contributed by atoms with Crippen molar-refractivity contribution in [3.05, 3.63) is 107 Å². The van der Waals surface area contributed by atoms with Crippen LogP contribution in [-0.4, -0.2) is 40.2 Å². The fourth-order valence-electron chi connectivity index (χ4n) is 4.46. The number of Topliss-reactive ketones (excluding diaryl/α,β-unsaturated/α-hetero) is 1. The Kier molecular flexibility index (Phi) is 8.79. The van der Waals surface area contributed by atoms with Crippen molar-refractivity contribution in [1.82, 2.24) is 10.2 Å². The molecular weight excluding hydrogens is 574 g/mol. The Labute approximate surface area is 251 Å². The zero-order valence-electron chi connectivity index (χ0n) is 23.3.